The van der Waals surface area contributed by atoms with Crippen LogP contribution in [0.3, 0.4) is 0 Å². The van der Waals surface area contributed by atoms with Crippen LogP contribution in [0, 0.1) is 17.3 Å². The van der Waals surface area contributed by atoms with Crippen molar-refractivity contribution in [3.8, 4) is 0 Å². The molecule has 0 aliphatic heterocycles. The Morgan fingerprint density at radius 2 is 1.86 bits per heavy atom. The zero-order valence-electron chi connectivity index (χ0n) is 11.1. The molecular weight excluding hydrogens is 284 g/mol. The van der Waals surface area contributed by atoms with E-state index in [9.17, 15) is 14.4 Å². The molecule has 3 aliphatic rings. The van der Waals surface area contributed by atoms with Crippen molar-refractivity contribution in [1.82, 2.24) is 5.32 Å². The molecule has 0 aromatic carbocycles. The van der Waals surface area contributed by atoms with E-state index < -0.39 is 36.0 Å². The number of nitrogens with two attached hydrogens (primary N) is 1. The van der Waals surface area contributed by atoms with E-state index in [1.165, 1.54) is 0 Å². The van der Waals surface area contributed by atoms with E-state index in [2.05, 4.69) is 5.32 Å². The minimum atomic E-state index is -1.52. The minimum Gasteiger partial charge on any atom is -0.450 e. The van der Waals surface area contributed by atoms with Crippen LogP contribution in [-0.2, 0) is 14.3 Å². The Morgan fingerprint density at radius 1 is 1.19 bits per heavy atom. The van der Waals surface area contributed by atoms with Gasteiger partial charge in [0.1, 0.15) is 6.10 Å². The molecule has 0 aromatic heterocycles. The van der Waals surface area contributed by atoms with Crippen molar-refractivity contribution in [1.29, 1.82) is 0 Å². The first-order valence-corrected chi connectivity index (χ1v) is 6.66. The van der Waals surface area contributed by atoms with Gasteiger partial charge in [-0.25, -0.2) is 9.59 Å². The summed E-state index contributed by atoms with van der Waals surface area (Å²) >= 11 is 0. The van der Waals surface area contributed by atoms with Gasteiger partial charge >= 0.3 is 12.3 Å². The summed E-state index contributed by atoms with van der Waals surface area (Å²) in [5.41, 5.74) is 3.62. The van der Waals surface area contributed by atoms with Gasteiger partial charge in [-0.05, 0) is 18.3 Å². The molecule has 0 aromatic rings. The Labute approximate surface area is 119 Å². The highest BCUT2D eigenvalue weighted by Crippen LogP contribution is 2.76. The van der Waals surface area contributed by atoms with E-state index in [4.69, 9.17) is 25.4 Å². The maximum absolute atomic E-state index is 11.6. The van der Waals surface area contributed by atoms with E-state index in [1.807, 2.05) is 0 Å². The van der Waals surface area contributed by atoms with Crippen molar-refractivity contribution in [3.05, 3.63) is 0 Å². The van der Waals surface area contributed by atoms with Crippen LogP contribution >= 0.6 is 0 Å². The van der Waals surface area contributed by atoms with Gasteiger partial charge in [0.25, 0.3) is 0 Å². The Morgan fingerprint density at radius 3 is 2.33 bits per heavy atom. The summed E-state index contributed by atoms with van der Waals surface area (Å²) in [4.78, 5) is 33.3. The van der Waals surface area contributed by atoms with Gasteiger partial charge in [0, 0.05) is 12.3 Å². The predicted molar refractivity (Wildman–Crippen MR) is 65.2 cm³/mol. The van der Waals surface area contributed by atoms with Crippen LogP contribution in [0.25, 0.3) is 0 Å². The van der Waals surface area contributed by atoms with Crippen molar-refractivity contribution < 1.29 is 34.1 Å². The van der Waals surface area contributed by atoms with Gasteiger partial charge in [0.05, 0.1) is 12.5 Å². The fourth-order valence-corrected chi connectivity index (χ4v) is 3.96. The van der Waals surface area contributed by atoms with E-state index >= 15 is 0 Å². The van der Waals surface area contributed by atoms with Crippen LogP contribution in [0.15, 0.2) is 0 Å². The third-order valence-electron chi connectivity index (χ3n) is 4.75. The quantitative estimate of drug-likeness (QED) is 0.417. The molecule has 5 N–H and O–H groups in total. The van der Waals surface area contributed by atoms with Crippen molar-refractivity contribution >= 4 is 18.2 Å². The standard InChI is InChI=1S/C12H16N2O7/c13-3-5(15)14-12(21-10(18)19)4-11(1-2-11)6-7(12)8(6)20-9(16)17/h6-8H,1-4,13H2,(H,14,15)(H,16,17)(H,18,19)/t6-,7-,8-,12-/m0/s1. The molecule has 0 radical (unpaired) electrons. The fraction of sp³-hybridized carbons (Fsp3) is 0.750. The smallest absolute Gasteiger partial charge is 0.450 e. The van der Waals surface area contributed by atoms with Gasteiger partial charge < -0.3 is 30.7 Å². The average molecular weight is 300 g/mol. The third kappa shape index (κ3) is 2.08. The topological polar surface area (TPSA) is 148 Å². The predicted octanol–water partition coefficient (Wildman–Crippen LogP) is -0.0547. The minimum absolute atomic E-state index is 0.106. The maximum atomic E-state index is 11.6. The molecular formula is C12H16N2O7. The Kier molecular flexibility index (Phi) is 2.81. The summed E-state index contributed by atoms with van der Waals surface area (Å²) in [5.74, 6) is -1.14. The number of ether oxygens (including phenoxy) is 2. The summed E-state index contributed by atoms with van der Waals surface area (Å²) in [6.07, 6.45) is -1.55. The molecule has 3 rings (SSSR count). The second kappa shape index (κ2) is 4.23. The summed E-state index contributed by atoms with van der Waals surface area (Å²) in [6, 6.07) is 0. The molecule has 1 amide bonds. The van der Waals surface area contributed by atoms with Gasteiger partial charge in [-0.15, -0.1) is 0 Å². The second-order valence-electron chi connectivity index (χ2n) is 5.95. The number of amides is 1. The molecule has 3 aliphatic carbocycles. The van der Waals surface area contributed by atoms with E-state index in [0.717, 1.165) is 12.8 Å². The van der Waals surface area contributed by atoms with Crippen molar-refractivity contribution in [3.63, 3.8) is 0 Å². The lowest BCUT2D eigenvalue weighted by atomic mass is 9.96. The first-order chi connectivity index (χ1) is 9.83. The van der Waals surface area contributed by atoms with Gasteiger partial charge in [-0.3, -0.25) is 4.79 Å². The normalized spacial score (nSPS) is 37.5. The molecule has 1 spiro atoms. The van der Waals surface area contributed by atoms with Crippen LogP contribution in [0.5, 0.6) is 0 Å². The average Bonchev–Trinajstić information content (AvgIpc) is 3.21. The van der Waals surface area contributed by atoms with E-state index in [-0.39, 0.29) is 17.9 Å². The highest BCUT2D eigenvalue weighted by atomic mass is 16.7. The molecule has 3 fully saturated rings. The van der Waals surface area contributed by atoms with Crippen molar-refractivity contribution in [2.75, 3.05) is 6.54 Å². The number of hydrogen-bond acceptors (Lipinski definition) is 6. The molecule has 21 heavy (non-hydrogen) atoms. The van der Waals surface area contributed by atoms with E-state index in [0.29, 0.717) is 6.42 Å². The number of rotatable bonds is 4. The monoisotopic (exact) mass is 300 g/mol. The van der Waals surface area contributed by atoms with Gasteiger partial charge in [0.2, 0.25) is 5.91 Å². The molecule has 4 atom stereocenters. The highest BCUT2D eigenvalue weighted by Gasteiger charge is 2.82. The first kappa shape index (κ1) is 13.9. The lowest BCUT2D eigenvalue weighted by Gasteiger charge is -2.32. The Hall–Kier alpha value is -2.03. The number of carbonyl (C=O) groups is 3. The van der Waals surface area contributed by atoms with Gasteiger partial charge in [0.15, 0.2) is 5.72 Å². The number of nitrogens with one attached hydrogen (secondary N) is 1. The molecule has 3 saturated carbocycles. The van der Waals surface area contributed by atoms with Crippen LogP contribution in [0.1, 0.15) is 19.3 Å². The largest absolute Gasteiger partial charge is 0.507 e. The Balaban J connectivity index is 1.87. The first-order valence-electron chi connectivity index (χ1n) is 6.66. The highest BCUT2D eigenvalue weighted by molar-refractivity contribution is 5.79. The summed E-state index contributed by atoms with van der Waals surface area (Å²) in [5, 5.41) is 20.2. The SMILES string of the molecule is NCC(=O)N[C@]1(OC(=O)O)CC2(CC2)[C@@H]2[C@H](OC(=O)O)[C@H]21. The van der Waals surface area contributed by atoms with Crippen molar-refractivity contribution in [2.45, 2.75) is 31.1 Å². The lowest BCUT2D eigenvalue weighted by molar-refractivity contribution is -0.132. The molecule has 0 saturated heterocycles. The summed E-state index contributed by atoms with van der Waals surface area (Å²) in [7, 11) is 0. The van der Waals surface area contributed by atoms with Crippen LogP contribution in [0.4, 0.5) is 9.59 Å². The third-order valence-corrected chi connectivity index (χ3v) is 4.75. The molecule has 0 bridgehead atoms. The summed E-state index contributed by atoms with van der Waals surface area (Å²) in [6.45, 7) is -0.306. The fourth-order valence-electron chi connectivity index (χ4n) is 3.96. The Bertz CT molecular complexity index is 518. The maximum Gasteiger partial charge on any atom is 0.507 e. The summed E-state index contributed by atoms with van der Waals surface area (Å²) < 4.78 is 9.79. The molecule has 9 heteroatoms. The molecule has 0 unspecified atom stereocenters. The second-order valence-corrected chi connectivity index (χ2v) is 5.95. The van der Waals surface area contributed by atoms with E-state index in [1.54, 1.807) is 0 Å². The van der Waals surface area contributed by atoms with Crippen molar-refractivity contribution in [2.24, 2.45) is 23.0 Å². The zero-order chi connectivity index (χ0) is 15.4. The number of carbonyl (C=O) groups excluding carboxylic acids is 1. The number of fused-ring (bicyclic) bond motifs is 2. The van der Waals surface area contributed by atoms with Gasteiger partial charge in [-0.2, -0.15) is 0 Å². The zero-order valence-corrected chi connectivity index (χ0v) is 11.1. The molecule has 0 heterocycles. The van der Waals surface area contributed by atoms with Gasteiger partial charge in [-0.1, -0.05) is 0 Å². The molecule has 116 valence electrons. The van der Waals surface area contributed by atoms with Crippen LogP contribution in [-0.4, -0.2) is 46.8 Å². The van der Waals surface area contributed by atoms with Crippen LogP contribution < -0.4 is 11.1 Å². The lowest BCUT2D eigenvalue weighted by Crippen LogP contribution is -2.55. The van der Waals surface area contributed by atoms with Crippen LogP contribution in [0.2, 0.25) is 0 Å². The number of hydrogen-bond donors (Lipinski definition) is 4. The molecule has 9 nitrogen and oxygen atoms in total. The number of carboxylic acid groups (broad SMARTS) is 2.